The molecule has 36 valence electrons. The summed E-state index contributed by atoms with van der Waals surface area (Å²) in [5.41, 5.74) is 0. The molecule has 0 saturated heterocycles. The monoisotopic (exact) mass is 410 g/mol. The van der Waals surface area contributed by atoms with Gasteiger partial charge in [-0.2, -0.15) is 0 Å². The average Bonchev–Trinajstić information content (AvgIpc) is 1.39. The zero-order valence-electron chi connectivity index (χ0n) is 2.45. The van der Waals surface area contributed by atoms with Crippen LogP contribution in [0.2, 0.25) is 0 Å². The third-order valence-corrected chi connectivity index (χ3v) is 0. The van der Waals surface area contributed by atoms with Crippen LogP contribution in [0.25, 0.3) is 0 Å². The first-order valence-corrected chi connectivity index (χ1v) is 14.1. The van der Waals surface area contributed by atoms with Gasteiger partial charge in [0.1, 0.15) is 0 Å². The SMILES string of the molecule is [S]=[Mo]=[S].[S]=[W]=[S]. The van der Waals surface area contributed by atoms with Gasteiger partial charge in [-0.05, 0) is 0 Å². The summed E-state index contributed by atoms with van der Waals surface area (Å²) in [5.74, 6) is 0. The molecule has 0 radical (unpaired) electrons. The van der Waals surface area contributed by atoms with Crippen LogP contribution in [-0.2, 0) is 29.8 Å². The molecule has 0 aliphatic rings. The van der Waals surface area contributed by atoms with Crippen molar-refractivity contribution in [2.75, 3.05) is 0 Å². The van der Waals surface area contributed by atoms with Crippen molar-refractivity contribution in [2.45, 2.75) is 0 Å². The van der Waals surface area contributed by atoms with Gasteiger partial charge in [0, 0.05) is 0 Å². The molecule has 0 saturated carbocycles. The van der Waals surface area contributed by atoms with E-state index in [9.17, 15) is 0 Å². The topological polar surface area (TPSA) is 0 Å². The predicted octanol–water partition coefficient (Wildman–Crippen LogP) is 2.59. The molecule has 0 heterocycles. The van der Waals surface area contributed by atoms with Crippen LogP contribution in [0.5, 0.6) is 0 Å². The van der Waals surface area contributed by atoms with E-state index < -0.39 is 14.9 Å². The fraction of sp³-hybridized carbons (Fsp3) is 0. The maximum atomic E-state index is 4.38. The summed E-state index contributed by atoms with van der Waals surface area (Å²) in [4.78, 5) is 0. The molecule has 0 aromatic rings. The maximum absolute atomic E-state index is 4.38. The first-order chi connectivity index (χ1) is 2.83. The van der Waals surface area contributed by atoms with Gasteiger partial charge >= 0.3 is 69.1 Å². The summed E-state index contributed by atoms with van der Waals surface area (Å²) in [5, 5.41) is 0. The fourth-order valence-corrected chi connectivity index (χ4v) is 0. The van der Waals surface area contributed by atoms with E-state index in [1.54, 1.807) is 0 Å². The van der Waals surface area contributed by atoms with Crippen LogP contribution < -0.4 is 0 Å². The Hall–Kier alpha value is 2.26. The molecule has 0 amide bonds. The van der Waals surface area contributed by atoms with Crippen molar-refractivity contribution in [3.05, 3.63) is 0 Å². The van der Waals surface area contributed by atoms with E-state index in [0.717, 1.165) is 0 Å². The van der Waals surface area contributed by atoms with Crippen LogP contribution in [0.4, 0.5) is 0 Å². The van der Waals surface area contributed by atoms with Gasteiger partial charge in [-0.3, -0.25) is 0 Å². The molecule has 0 atom stereocenters. The van der Waals surface area contributed by atoms with E-state index in [0.29, 0.717) is 0 Å². The van der Waals surface area contributed by atoms with Gasteiger partial charge in [0.05, 0.1) is 0 Å². The second-order valence-corrected chi connectivity index (χ2v) is 8.64. The van der Waals surface area contributed by atoms with Crippen molar-refractivity contribution >= 4 is 39.3 Å². The van der Waals surface area contributed by atoms with Gasteiger partial charge in [0.2, 0.25) is 0 Å². The van der Waals surface area contributed by atoms with E-state index in [4.69, 9.17) is 0 Å². The number of rotatable bonds is 0. The van der Waals surface area contributed by atoms with Crippen molar-refractivity contribution < 1.29 is 29.8 Å². The minimum atomic E-state index is -0.583. The molecule has 6 heavy (non-hydrogen) atoms. The zero-order chi connectivity index (χ0) is 5.41. The van der Waals surface area contributed by atoms with Crippen LogP contribution in [-0.4, -0.2) is 0 Å². The Labute approximate surface area is 67.9 Å². The predicted molar refractivity (Wildman–Crippen MR) is 30.4 cm³/mol. The summed E-state index contributed by atoms with van der Waals surface area (Å²) in [6.45, 7) is 0. The number of hydrogen-bond acceptors (Lipinski definition) is 4. The van der Waals surface area contributed by atoms with Crippen molar-refractivity contribution in [1.82, 2.24) is 0 Å². The summed E-state index contributed by atoms with van der Waals surface area (Å²) in [6.07, 6.45) is 0. The molecule has 6 heteroatoms. The molecule has 0 aromatic heterocycles. The third-order valence-electron chi connectivity index (χ3n) is 0. The Morgan fingerprint density at radius 3 is 1.17 bits per heavy atom. The van der Waals surface area contributed by atoms with Crippen LogP contribution in [0, 0.1) is 0 Å². The molecule has 0 nitrogen and oxygen atoms in total. The van der Waals surface area contributed by atoms with E-state index >= 15 is 0 Å². The zero-order valence-corrected chi connectivity index (χ0v) is 10.7. The van der Waals surface area contributed by atoms with Crippen molar-refractivity contribution in [1.29, 1.82) is 0 Å². The molecule has 0 spiro atoms. The minimum absolute atomic E-state index is 0.363. The number of hydrogen-bond donors (Lipinski definition) is 0. The van der Waals surface area contributed by atoms with Gasteiger partial charge in [-0.1, -0.05) is 0 Å². The summed E-state index contributed by atoms with van der Waals surface area (Å²) in [6, 6.07) is 0. The van der Waals surface area contributed by atoms with Crippen molar-refractivity contribution in [3.63, 3.8) is 0 Å². The average molecular weight is 408 g/mol. The standard InChI is InChI=1S/Mo.4S.W. The second kappa shape index (κ2) is 15.7. The Bertz CT molecular complexity index is 61.5. The van der Waals surface area contributed by atoms with E-state index in [1.165, 1.54) is 0 Å². The van der Waals surface area contributed by atoms with Gasteiger partial charge < -0.3 is 0 Å². The molecule has 0 unspecified atom stereocenters. The summed E-state index contributed by atoms with van der Waals surface area (Å²) >= 11 is -0.947. The van der Waals surface area contributed by atoms with Gasteiger partial charge in [0.25, 0.3) is 0 Å². The van der Waals surface area contributed by atoms with E-state index in [2.05, 4.69) is 39.3 Å². The Morgan fingerprint density at radius 2 is 1.17 bits per heavy atom. The molecule has 0 N–H and O–H groups in total. The Balaban J connectivity index is 0. The van der Waals surface area contributed by atoms with Gasteiger partial charge in [0.15, 0.2) is 0 Å². The first kappa shape index (κ1) is 11.1. The Morgan fingerprint density at radius 1 is 1.17 bits per heavy atom. The second-order valence-electron chi connectivity index (χ2n) is 0.136. The fourth-order valence-electron chi connectivity index (χ4n) is 0. The third kappa shape index (κ3) is 33.9. The summed E-state index contributed by atoms with van der Waals surface area (Å²) < 4.78 is 0. The molecule has 0 aliphatic heterocycles. The molecule has 0 fully saturated rings. The van der Waals surface area contributed by atoms with Crippen LogP contribution in [0.3, 0.4) is 0 Å². The molecule has 0 aromatic carbocycles. The molecule has 0 rings (SSSR count). The molecular weight excluding hydrogens is 408 g/mol. The van der Waals surface area contributed by atoms with Gasteiger partial charge in [-0.15, -0.1) is 0 Å². The normalized spacial score (nSPS) is 4.00. The van der Waals surface area contributed by atoms with Crippen LogP contribution >= 0.6 is 39.3 Å². The molecule has 0 aliphatic carbocycles. The van der Waals surface area contributed by atoms with Crippen molar-refractivity contribution in [2.24, 2.45) is 0 Å². The summed E-state index contributed by atoms with van der Waals surface area (Å²) in [7, 11) is 17.4. The Kier molecular flexibility index (Phi) is 29.0. The van der Waals surface area contributed by atoms with Crippen LogP contribution in [0.1, 0.15) is 0 Å². The quantitative estimate of drug-likeness (QED) is 0.566. The molecule has 0 bridgehead atoms. The first-order valence-electron chi connectivity index (χ1n) is 0.667. The van der Waals surface area contributed by atoms with E-state index in [1.807, 2.05) is 0 Å². The van der Waals surface area contributed by atoms with Gasteiger partial charge in [-0.25, -0.2) is 0 Å². The van der Waals surface area contributed by atoms with Crippen LogP contribution in [0.15, 0.2) is 0 Å². The van der Waals surface area contributed by atoms with Crippen molar-refractivity contribution in [3.8, 4) is 0 Å². The molecular formula is MoS4W. The van der Waals surface area contributed by atoms with E-state index in [-0.39, 0.29) is 14.9 Å².